The van der Waals surface area contributed by atoms with Crippen LogP contribution < -0.4 is 5.73 Å². The van der Waals surface area contributed by atoms with Crippen LogP contribution in [0.15, 0.2) is 10.3 Å². The second kappa shape index (κ2) is 6.65. The van der Waals surface area contributed by atoms with Crippen LogP contribution in [0.2, 0.25) is 0 Å². The van der Waals surface area contributed by atoms with Crippen molar-refractivity contribution in [2.24, 2.45) is 5.73 Å². The molecule has 0 aliphatic rings. The molecule has 0 aromatic carbocycles. The van der Waals surface area contributed by atoms with Crippen LogP contribution in [0.5, 0.6) is 0 Å². The number of rotatable bonds is 7. The highest BCUT2D eigenvalue weighted by Crippen LogP contribution is 2.28. The van der Waals surface area contributed by atoms with Crippen LogP contribution >= 0.6 is 11.3 Å². The highest BCUT2D eigenvalue weighted by molar-refractivity contribution is 7.91. The largest absolute Gasteiger partial charge is 0.326 e. The van der Waals surface area contributed by atoms with E-state index in [1.807, 2.05) is 20.8 Å². The van der Waals surface area contributed by atoms with Crippen molar-refractivity contribution in [1.82, 2.24) is 4.31 Å². The number of nitrogens with zero attached hydrogens (tertiary/aromatic N) is 1. The molecule has 0 bridgehead atoms. The Morgan fingerprint density at radius 2 is 1.83 bits per heavy atom. The molecule has 6 heteroatoms. The smallest absolute Gasteiger partial charge is 0.252 e. The van der Waals surface area contributed by atoms with Gasteiger partial charge in [-0.2, -0.15) is 4.31 Å². The lowest BCUT2D eigenvalue weighted by Crippen LogP contribution is -2.32. The topological polar surface area (TPSA) is 63.4 Å². The molecular formula is C12H22N2O2S2. The Bertz CT molecular complexity index is 474. The van der Waals surface area contributed by atoms with E-state index in [9.17, 15) is 8.42 Å². The van der Waals surface area contributed by atoms with Crippen LogP contribution in [0.4, 0.5) is 0 Å². The Labute approximate surface area is 114 Å². The van der Waals surface area contributed by atoms with Gasteiger partial charge < -0.3 is 5.73 Å². The van der Waals surface area contributed by atoms with E-state index >= 15 is 0 Å². The van der Waals surface area contributed by atoms with Gasteiger partial charge in [0.15, 0.2) is 0 Å². The quantitative estimate of drug-likeness (QED) is 0.838. The minimum atomic E-state index is -3.34. The van der Waals surface area contributed by atoms with Crippen LogP contribution in [0.25, 0.3) is 0 Å². The minimum absolute atomic E-state index is 0.396. The van der Waals surface area contributed by atoms with Crippen molar-refractivity contribution in [1.29, 1.82) is 0 Å². The lowest BCUT2D eigenvalue weighted by molar-refractivity contribution is 0.411. The Hall–Kier alpha value is -0.430. The van der Waals surface area contributed by atoms with E-state index in [1.54, 1.807) is 10.4 Å². The van der Waals surface area contributed by atoms with Gasteiger partial charge in [-0.25, -0.2) is 8.42 Å². The van der Waals surface area contributed by atoms with Gasteiger partial charge in [-0.1, -0.05) is 13.8 Å². The molecule has 0 radical (unpaired) electrons. The fourth-order valence-corrected chi connectivity index (χ4v) is 5.04. The average Bonchev–Trinajstić information content (AvgIpc) is 2.71. The summed E-state index contributed by atoms with van der Waals surface area (Å²) in [6.45, 7) is 7.43. The van der Waals surface area contributed by atoms with Crippen molar-refractivity contribution in [2.45, 2.75) is 44.4 Å². The third kappa shape index (κ3) is 3.32. The number of aryl methyl sites for hydroxylation is 1. The van der Waals surface area contributed by atoms with Crippen molar-refractivity contribution in [3.8, 4) is 0 Å². The van der Waals surface area contributed by atoms with Gasteiger partial charge in [-0.15, -0.1) is 11.3 Å². The van der Waals surface area contributed by atoms with Crippen LogP contribution in [0.1, 0.15) is 37.1 Å². The van der Waals surface area contributed by atoms with Crippen LogP contribution in [0, 0.1) is 6.92 Å². The highest BCUT2D eigenvalue weighted by atomic mass is 32.2. The molecule has 0 unspecified atom stereocenters. The van der Waals surface area contributed by atoms with Gasteiger partial charge in [-0.05, 0) is 31.4 Å². The highest BCUT2D eigenvalue weighted by Gasteiger charge is 2.25. The summed E-state index contributed by atoms with van der Waals surface area (Å²) in [5.74, 6) is 0. The summed E-state index contributed by atoms with van der Waals surface area (Å²) < 4.78 is 27.0. The molecule has 2 N–H and O–H groups in total. The first-order valence-electron chi connectivity index (χ1n) is 6.26. The standard InChI is InChI=1S/C12H22N2O2S2/c1-4-6-14(7-5-2)18(15,16)12-8-10(3)11(9-13)17-12/h8H,4-7,9,13H2,1-3H3. The lowest BCUT2D eigenvalue weighted by Gasteiger charge is -2.19. The van der Waals surface area contributed by atoms with E-state index in [1.165, 1.54) is 11.3 Å². The number of thiophene rings is 1. The Morgan fingerprint density at radius 1 is 1.28 bits per heavy atom. The Kier molecular flexibility index (Phi) is 5.78. The number of hydrogen-bond donors (Lipinski definition) is 1. The summed E-state index contributed by atoms with van der Waals surface area (Å²) in [7, 11) is -3.34. The van der Waals surface area contributed by atoms with Crippen LogP contribution in [0.3, 0.4) is 0 Å². The Morgan fingerprint density at radius 3 is 2.22 bits per heavy atom. The molecule has 0 saturated carbocycles. The van der Waals surface area contributed by atoms with E-state index in [-0.39, 0.29) is 0 Å². The van der Waals surface area contributed by atoms with Gasteiger partial charge >= 0.3 is 0 Å². The maximum Gasteiger partial charge on any atom is 0.252 e. The van der Waals surface area contributed by atoms with Crippen molar-refractivity contribution in [2.75, 3.05) is 13.1 Å². The van der Waals surface area contributed by atoms with Gasteiger partial charge in [0.1, 0.15) is 4.21 Å². The molecule has 0 amide bonds. The van der Waals surface area contributed by atoms with Gasteiger partial charge in [0.2, 0.25) is 0 Å². The molecule has 1 aromatic rings. The first-order chi connectivity index (χ1) is 8.47. The molecular weight excluding hydrogens is 268 g/mol. The van der Waals surface area contributed by atoms with E-state index in [4.69, 9.17) is 5.73 Å². The summed E-state index contributed by atoms with van der Waals surface area (Å²) in [6.07, 6.45) is 1.65. The molecule has 0 atom stereocenters. The zero-order chi connectivity index (χ0) is 13.8. The van der Waals surface area contributed by atoms with Gasteiger partial charge in [0.05, 0.1) is 0 Å². The van der Waals surface area contributed by atoms with E-state index in [0.717, 1.165) is 23.3 Å². The Balaban J connectivity index is 3.09. The van der Waals surface area contributed by atoms with Gasteiger partial charge in [-0.3, -0.25) is 0 Å². The molecule has 0 aliphatic heterocycles. The summed E-state index contributed by atoms with van der Waals surface area (Å²) >= 11 is 1.29. The molecule has 1 rings (SSSR count). The molecule has 1 heterocycles. The fraction of sp³-hybridized carbons (Fsp3) is 0.667. The predicted octanol–water partition coefficient (Wildman–Crippen LogP) is 2.33. The second-order valence-corrected chi connectivity index (χ2v) is 7.58. The van der Waals surface area contributed by atoms with Gasteiger partial charge in [0, 0.05) is 24.5 Å². The summed E-state index contributed by atoms with van der Waals surface area (Å²) in [4.78, 5) is 0.946. The summed E-state index contributed by atoms with van der Waals surface area (Å²) in [5, 5.41) is 0. The fourth-order valence-electron chi connectivity index (χ4n) is 1.80. The summed E-state index contributed by atoms with van der Waals surface area (Å²) in [5.41, 5.74) is 6.57. The number of nitrogens with two attached hydrogens (primary N) is 1. The molecule has 0 aliphatic carbocycles. The zero-order valence-electron chi connectivity index (χ0n) is 11.3. The van der Waals surface area contributed by atoms with E-state index in [0.29, 0.717) is 23.8 Å². The first-order valence-corrected chi connectivity index (χ1v) is 8.52. The molecule has 4 nitrogen and oxygen atoms in total. The molecule has 0 spiro atoms. The second-order valence-electron chi connectivity index (χ2n) is 4.28. The van der Waals surface area contributed by atoms with Gasteiger partial charge in [0.25, 0.3) is 10.0 Å². The maximum absolute atomic E-state index is 12.5. The lowest BCUT2D eigenvalue weighted by atomic mass is 10.3. The third-order valence-corrected chi connectivity index (χ3v) is 6.33. The average molecular weight is 290 g/mol. The predicted molar refractivity (Wildman–Crippen MR) is 76.3 cm³/mol. The van der Waals surface area contributed by atoms with Crippen molar-refractivity contribution in [3.63, 3.8) is 0 Å². The minimum Gasteiger partial charge on any atom is -0.326 e. The molecule has 104 valence electrons. The van der Waals surface area contributed by atoms with Crippen LogP contribution in [-0.4, -0.2) is 25.8 Å². The maximum atomic E-state index is 12.5. The SMILES string of the molecule is CCCN(CCC)S(=O)(=O)c1cc(C)c(CN)s1. The third-order valence-electron chi connectivity index (χ3n) is 2.72. The molecule has 0 saturated heterocycles. The number of sulfonamides is 1. The van der Waals surface area contributed by atoms with Crippen molar-refractivity contribution >= 4 is 21.4 Å². The number of hydrogen-bond acceptors (Lipinski definition) is 4. The molecule has 1 aromatic heterocycles. The van der Waals surface area contributed by atoms with Crippen molar-refractivity contribution in [3.05, 3.63) is 16.5 Å². The van der Waals surface area contributed by atoms with E-state index in [2.05, 4.69) is 0 Å². The normalized spacial score (nSPS) is 12.3. The molecule has 18 heavy (non-hydrogen) atoms. The van der Waals surface area contributed by atoms with E-state index < -0.39 is 10.0 Å². The van der Waals surface area contributed by atoms with Crippen molar-refractivity contribution < 1.29 is 8.42 Å². The molecule has 0 fully saturated rings. The summed E-state index contributed by atoms with van der Waals surface area (Å²) in [6, 6.07) is 1.74. The monoisotopic (exact) mass is 290 g/mol. The zero-order valence-corrected chi connectivity index (χ0v) is 12.9. The van der Waals surface area contributed by atoms with Crippen LogP contribution in [-0.2, 0) is 16.6 Å². The first kappa shape index (κ1) is 15.6.